The van der Waals surface area contributed by atoms with E-state index in [0.29, 0.717) is 22.6 Å². The van der Waals surface area contributed by atoms with Gasteiger partial charge in [-0.25, -0.2) is 23.1 Å². The molecule has 0 bridgehead atoms. The van der Waals surface area contributed by atoms with E-state index in [-0.39, 0.29) is 11.0 Å². The van der Waals surface area contributed by atoms with Crippen molar-refractivity contribution in [2.75, 3.05) is 19.3 Å². The number of likely N-dealkylation sites (tertiary alicyclic amines) is 1. The van der Waals surface area contributed by atoms with E-state index < -0.39 is 9.84 Å². The molecule has 1 aromatic carbocycles. The molecule has 3 aromatic heterocycles. The number of fused-ring (bicyclic) bond motifs is 1. The highest BCUT2D eigenvalue weighted by molar-refractivity contribution is 7.90. The highest BCUT2D eigenvalue weighted by Crippen LogP contribution is 2.27. The fourth-order valence-electron chi connectivity index (χ4n) is 4.08. The summed E-state index contributed by atoms with van der Waals surface area (Å²) in [6, 6.07) is 6.53. The molecule has 1 radical (unpaired) electrons. The van der Waals surface area contributed by atoms with Crippen LogP contribution in [0.3, 0.4) is 0 Å². The van der Waals surface area contributed by atoms with Gasteiger partial charge in [0.25, 0.3) is 0 Å². The normalized spacial score (nSPS) is 15.7. The average Bonchev–Trinajstić information content (AvgIpc) is 3.39. The molecule has 1 fully saturated rings. The molecule has 177 valence electrons. The van der Waals surface area contributed by atoms with Crippen molar-refractivity contribution < 1.29 is 17.7 Å². The van der Waals surface area contributed by atoms with Crippen molar-refractivity contribution in [2.45, 2.75) is 37.7 Å². The lowest BCUT2D eigenvalue weighted by atomic mass is 10.1. The summed E-state index contributed by atoms with van der Waals surface area (Å²) in [6.07, 6.45) is 6.06. The first kappa shape index (κ1) is 22.5. The van der Waals surface area contributed by atoms with E-state index in [1.54, 1.807) is 35.1 Å². The zero-order valence-electron chi connectivity index (χ0n) is 19.2. The van der Waals surface area contributed by atoms with Crippen LogP contribution in [0.5, 0.6) is 5.88 Å². The topological polar surface area (TPSA) is 116 Å². The third kappa shape index (κ3) is 4.40. The molecule has 34 heavy (non-hydrogen) atoms. The van der Waals surface area contributed by atoms with Crippen LogP contribution in [0, 0.1) is 20.4 Å². The Hall–Kier alpha value is -3.31. The number of sulfone groups is 1. The Morgan fingerprint density at radius 3 is 2.50 bits per heavy atom. The highest BCUT2D eigenvalue weighted by atomic mass is 32.2. The molecule has 1 saturated heterocycles. The Morgan fingerprint density at radius 2 is 1.85 bits per heavy atom. The van der Waals surface area contributed by atoms with Gasteiger partial charge in [0.2, 0.25) is 5.88 Å². The minimum absolute atomic E-state index is 0.0322. The summed E-state index contributed by atoms with van der Waals surface area (Å²) >= 11 is 0. The van der Waals surface area contributed by atoms with Crippen molar-refractivity contribution in [3.8, 4) is 11.6 Å². The Kier molecular flexibility index (Phi) is 5.82. The maximum absolute atomic E-state index is 11.7. The molecule has 4 aromatic rings. The van der Waals surface area contributed by atoms with Crippen molar-refractivity contribution in [1.29, 1.82) is 0 Å². The molecule has 4 heterocycles. The van der Waals surface area contributed by atoms with E-state index in [2.05, 4.69) is 31.7 Å². The maximum Gasteiger partial charge on any atom is 0.228 e. The molecule has 0 N–H and O–H groups in total. The summed E-state index contributed by atoms with van der Waals surface area (Å²) in [7, 11) is -3.27. The number of hydrogen-bond donors (Lipinski definition) is 0. The number of nitrogens with zero attached hydrogens (tertiary/aromatic N) is 6. The second-order valence-corrected chi connectivity index (χ2v) is 10.5. The molecular formula is C23H25N6O4S. The lowest BCUT2D eigenvalue weighted by molar-refractivity contribution is 0.114. The van der Waals surface area contributed by atoms with Crippen molar-refractivity contribution in [3.05, 3.63) is 60.4 Å². The molecule has 0 saturated carbocycles. The smallest absolute Gasteiger partial charge is 0.228 e. The van der Waals surface area contributed by atoms with Gasteiger partial charge in [0, 0.05) is 24.9 Å². The van der Waals surface area contributed by atoms with E-state index in [9.17, 15) is 8.42 Å². The molecule has 11 heteroatoms. The molecule has 5 rings (SSSR count). The zero-order valence-corrected chi connectivity index (χ0v) is 20.0. The van der Waals surface area contributed by atoms with Crippen LogP contribution in [-0.4, -0.2) is 63.7 Å². The van der Waals surface area contributed by atoms with Gasteiger partial charge in [-0.1, -0.05) is 5.16 Å². The lowest BCUT2D eigenvalue weighted by Crippen LogP contribution is -2.37. The van der Waals surface area contributed by atoms with Crippen LogP contribution in [0.1, 0.15) is 29.9 Å². The predicted molar refractivity (Wildman–Crippen MR) is 124 cm³/mol. The maximum atomic E-state index is 11.7. The number of aromatic nitrogens is 5. The van der Waals surface area contributed by atoms with Crippen molar-refractivity contribution in [3.63, 3.8) is 0 Å². The molecule has 0 aliphatic carbocycles. The average molecular weight is 482 g/mol. The Labute approximate surface area is 197 Å². The Morgan fingerprint density at radius 1 is 1.12 bits per heavy atom. The first-order valence-electron chi connectivity index (χ1n) is 11.0. The fourth-order valence-corrected chi connectivity index (χ4v) is 4.71. The van der Waals surface area contributed by atoms with Crippen LogP contribution in [0.15, 0.2) is 46.2 Å². The van der Waals surface area contributed by atoms with Gasteiger partial charge in [0.05, 0.1) is 29.0 Å². The number of hydrogen-bond acceptors (Lipinski definition) is 9. The number of benzene rings is 1. The van der Waals surface area contributed by atoms with Crippen molar-refractivity contribution in [1.82, 2.24) is 29.8 Å². The number of aryl methyl sites for hydroxylation is 2. The fraction of sp³-hybridized carbons (Fsp3) is 0.348. The molecule has 10 nitrogen and oxygen atoms in total. The van der Waals surface area contributed by atoms with Crippen LogP contribution in [0.2, 0.25) is 0 Å². The largest absolute Gasteiger partial charge is 0.474 e. The standard InChI is InChI=1S/C23H25N6O4S/c1-15-21(16(2)33-27-15)13-28-10-8-18(9-11-28)32-23-20-12-26-29(22(20)24-14-25-23)17-4-6-19(7-5-17)34(3,30)31/h4-7,12-14,18H,8-11H2,1-3H3. The SMILES string of the molecule is Cc1noc(C)c1[CH]N1CCC(Oc2ncnc3c2cnn3-c2ccc(S(C)(=O)=O)cc2)CC1. The molecule has 0 atom stereocenters. The molecule has 1 aliphatic heterocycles. The van der Waals surface area contributed by atoms with Gasteiger partial charge in [-0.3, -0.25) is 4.90 Å². The number of rotatable bonds is 6. The third-order valence-corrected chi connectivity index (χ3v) is 7.12. The minimum Gasteiger partial charge on any atom is -0.474 e. The van der Waals surface area contributed by atoms with Crippen LogP contribution in [0.25, 0.3) is 16.7 Å². The quantitative estimate of drug-likeness (QED) is 0.410. The number of ether oxygens (including phenoxy) is 1. The molecule has 0 unspecified atom stereocenters. The third-order valence-electron chi connectivity index (χ3n) is 5.99. The second kappa shape index (κ2) is 8.80. The van der Waals surface area contributed by atoms with Gasteiger partial charge in [0.15, 0.2) is 15.5 Å². The molecular weight excluding hydrogens is 456 g/mol. The van der Waals surface area contributed by atoms with Crippen LogP contribution in [0.4, 0.5) is 0 Å². The van der Waals surface area contributed by atoms with Gasteiger partial charge in [-0.2, -0.15) is 5.10 Å². The first-order chi connectivity index (χ1) is 16.3. The summed E-state index contributed by atoms with van der Waals surface area (Å²) in [6.45, 7) is 7.68. The molecule has 1 aliphatic rings. The van der Waals surface area contributed by atoms with Crippen LogP contribution in [-0.2, 0) is 9.84 Å². The van der Waals surface area contributed by atoms with Gasteiger partial charge < -0.3 is 9.26 Å². The van der Waals surface area contributed by atoms with Crippen molar-refractivity contribution >= 4 is 20.9 Å². The summed E-state index contributed by atoms with van der Waals surface area (Å²) in [5.41, 5.74) is 3.23. The number of piperidine rings is 1. The minimum atomic E-state index is -3.27. The zero-order chi connectivity index (χ0) is 23.9. The van der Waals surface area contributed by atoms with Crippen LogP contribution < -0.4 is 4.74 Å². The lowest BCUT2D eigenvalue weighted by Gasteiger charge is -2.31. The first-order valence-corrected chi connectivity index (χ1v) is 12.9. The van der Waals surface area contributed by atoms with Crippen molar-refractivity contribution in [2.24, 2.45) is 0 Å². The van der Waals surface area contributed by atoms with E-state index in [1.165, 1.54) is 12.6 Å². The summed E-state index contributed by atoms with van der Waals surface area (Å²) in [5.74, 6) is 1.32. The predicted octanol–water partition coefficient (Wildman–Crippen LogP) is 2.88. The van der Waals surface area contributed by atoms with E-state index in [0.717, 1.165) is 42.9 Å². The summed E-state index contributed by atoms with van der Waals surface area (Å²) < 4.78 is 36.6. The Balaban J connectivity index is 1.29. The molecule has 0 amide bonds. The monoisotopic (exact) mass is 481 g/mol. The van der Waals surface area contributed by atoms with Gasteiger partial charge in [0.1, 0.15) is 23.6 Å². The van der Waals surface area contributed by atoms with Gasteiger partial charge in [-0.05, 0) is 51.0 Å². The van der Waals surface area contributed by atoms with E-state index in [1.807, 2.05) is 13.8 Å². The van der Waals surface area contributed by atoms with Gasteiger partial charge >= 0.3 is 0 Å². The molecule has 0 spiro atoms. The Bertz CT molecular complexity index is 1400. The summed E-state index contributed by atoms with van der Waals surface area (Å²) in [5, 5.41) is 9.16. The van der Waals surface area contributed by atoms with Gasteiger partial charge in [-0.15, -0.1) is 0 Å². The van der Waals surface area contributed by atoms with E-state index >= 15 is 0 Å². The van der Waals surface area contributed by atoms with E-state index in [4.69, 9.17) is 9.26 Å². The highest BCUT2D eigenvalue weighted by Gasteiger charge is 2.24. The summed E-state index contributed by atoms with van der Waals surface area (Å²) in [4.78, 5) is 11.2. The second-order valence-electron chi connectivity index (χ2n) is 8.46. The van der Waals surface area contributed by atoms with Crippen LogP contribution >= 0.6 is 0 Å².